The molecule has 6 heteroatoms. The zero-order valence-electron chi connectivity index (χ0n) is 16.5. The van der Waals surface area contributed by atoms with Gasteiger partial charge in [-0.3, -0.25) is 0 Å². The number of alkyl halides is 3. The van der Waals surface area contributed by atoms with Crippen LogP contribution in [-0.4, -0.2) is 30.6 Å². The van der Waals surface area contributed by atoms with Crippen LogP contribution in [0.15, 0.2) is 54.1 Å². The summed E-state index contributed by atoms with van der Waals surface area (Å²) in [6.45, 7) is 0.574. The van der Waals surface area contributed by atoms with Gasteiger partial charge in [0.25, 0.3) is 0 Å². The predicted molar refractivity (Wildman–Crippen MR) is 111 cm³/mol. The Balaban J connectivity index is 2.13. The highest BCUT2D eigenvalue weighted by molar-refractivity contribution is 6.30. The molecule has 2 aromatic rings. The van der Waals surface area contributed by atoms with Crippen LogP contribution in [0.4, 0.5) is 13.2 Å². The highest BCUT2D eigenvalue weighted by Crippen LogP contribution is 2.47. The second kappa shape index (κ2) is 8.50. The van der Waals surface area contributed by atoms with Crippen molar-refractivity contribution >= 4 is 17.7 Å². The molecule has 2 aromatic carbocycles. The van der Waals surface area contributed by atoms with Crippen molar-refractivity contribution in [1.82, 2.24) is 4.90 Å². The number of nitrogens with zero attached hydrogens (tertiary/aromatic N) is 1. The van der Waals surface area contributed by atoms with Crippen molar-refractivity contribution in [2.45, 2.75) is 31.0 Å². The molecule has 3 rings (SSSR count). The van der Waals surface area contributed by atoms with E-state index in [0.29, 0.717) is 23.6 Å². The van der Waals surface area contributed by atoms with E-state index in [0.717, 1.165) is 36.1 Å². The minimum Gasteiger partial charge on any atom is -0.380 e. The molecule has 0 heterocycles. The molecule has 2 atom stereocenters. The number of benzene rings is 2. The van der Waals surface area contributed by atoms with Gasteiger partial charge >= 0.3 is 6.18 Å². The van der Waals surface area contributed by atoms with Gasteiger partial charge in [-0.2, -0.15) is 13.2 Å². The monoisotopic (exact) mass is 423 g/mol. The number of halogens is 4. The van der Waals surface area contributed by atoms with Crippen LogP contribution in [0.3, 0.4) is 0 Å². The van der Waals surface area contributed by atoms with Crippen molar-refractivity contribution in [2.24, 2.45) is 5.92 Å². The lowest BCUT2D eigenvalue weighted by Crippen LogP contribution is -2.44. The van der Waals surface area contributed by atoms with Crippen molar-refractivity contribution in [3.63, 3.8) is 0 Å². The maximum absolute atomic E-state index is 13.3. The van der Waals surface area contributed by atoms with Gasteiger partial charge in [0.2, 0.25) is 0 Å². The molecular formula is C23H25ClF3NO. The lowest BCUT2D eigenvalue weighted by Gasteiger charge is -2.44. The minimum absolute atomic E-state index is 0.215. The van der Waals surface area contributed by atoms with E-state index in [-0.39, 0.29) is 5.92 Å². The number of hydrogen-bond acceptors (Lipinski definition) is 2. The van der Waals surface area contributed by atoms with Crippen molar-refractivity contribution in [3.05, 3.63) is 75.8 Å². The molecule has 0 amide bonds. The van der Waals surface area contributed by atoms with E-state index in [1.165, 1.54) is 6.07 Å². The van der Waals surface area contributed by atoms with E-state index < -0.39 is 17.3 Å². The Morgan fingerprint density at radius 1 is 1.17 bits per heavy atom. The highest BCUT2D eigenvalue weighted by Gasteiger charge is 2.45. The molecule has 1 fully saturated rings. The summed E-state index contributed by atoms with van der Waals surface area (Å²) in [5, 5.41) is 12.5. The number of aliphatic hydroxyl groups is 1. The van der Waals surface area contributed by atoms with Gasteiger partial charge in [0.05, 0.1) is 5.56 Å². The van der Waals surface area contributed by atoms with Gasteiger partial charge in [0, 0.05) is 17.5 Å². The topological polar surface area (TPSA) is 23.5 Å². The maximum Gasteiger partial charge on any atom is 0.416 e. The van der Waals surface area contributed by atoms with Crippen LogP contribution in [0, 0.1) is 5.92 Å². The first-order valence-corrected chi connectivity index (χ1v) is 10.00. The Labute approximate surface area is 174 Å². The Morgan fingerprint density at radius 3 is 2.48 bits per heavy atom. The molecule has 1 N–H and O–H groups in total. The predicted octanol–water partition coefficient (Wildman–Crippen LogP) is 5.99. The van der Waals surface area contributed by atoms with Gasteiger partial charge < -0.3 is 10.0 Å². The summed E-state index contributed by atoms with van der Waals surface area (Å²) in [5.74, 6) is -0.215. The zero-order chi connectivity index (χ0) is 21.2. The Kier molecular flexibility index (Phi) is 6.42. The van der Waals surface area contributed by atoms with Gasteiger partial charge in [-0.25, -0.2) is 0 Å². The first-order valence-electron chi connectivity index (χ1n) is 9.62. The van der Waals surface area contributed by atoms with Gasteiger partial charge in [0.15, 0.2) is 0 Å². The molecule has 1 saturated carbocycles. The third kappa shape index (κ3) is 4.85. The Hall–Kier alpha value is -1.82. The first kappa shape index (κ1) is 21.9. The molecule has 0 radical (unpaired) electrons. The van der Waals surface area contributed by atoms with E-state index in [4.69, 9.17) is 11.6 Å². The summed E-state index contributed by atoms with van der Waals surface area (Å²) in [7, 11) is 3.81. The standard InChI is InChI=1S/C23H25ClF3NO/c1-28(2)15-20-8-4-5-17(13-16-9-11-21(24)12-10-16)22(20,29)18-6-3-7-19(14-18)23(25,26)27/h3,6-7,9-14,20,29H,4-5,8,15H2,1-2H3/b17-13-. The van der Waals surface area contributed by atoms with E-state index in [9.17, 15) is 18.3 Å². The van der Waals surface area contributed by atoms with Crippen LogP contribution in [0.5, 0.6) is 0 Å². The Morgan fingerprint density at radius 2 is 1.86 bits per heavy atom. The third-order valence-corrected chi connectivity index (χ3v) is 5.76. The van der Waals surface area contributed by atoms with Gasteiger partial charge in [0.1, 0.15) is 5.60 Å². The molecule has 156 valence electrons. The average molecular weight is 424 g/mol. The molecule has 0 saturated heterocycles. The van der Waals surface area contributed by atoms with E-state index in [2.05, 4.69) is 0 Å². The molecule has 1 aliphatic rings. The second-order valence-electron chi connectivity index (χ2n) is 7.92. The highest BCUT2D eigenvalue weighted by atomic mass is 35.5. The fraction of sp³-hybridized carbons (Fsp3) is 0.391. The summed E-state index contributed by atoms with van der Waals surface area (Å²) < 4.78 is 40.0. The fourth-order valence-corrected chi connectivity index (χ4v) is 4.29. The fourth-order valence-electron chi connectivity index (χ4n) is 4.16. The van der Waals surface area contributed by atoms with Crippen molar-refractivity contribution < 1.29 is 18.3 Å². The Bertz CT molecular complexity index is 876. The summed E-state index contributed by atoms with van der Waals surface area (Å²) in [5.41, 5.74) is -0.330. The molecule has 1 aliphatic carbocycles. The van der Waals surface area contributed by atoms with Crippen LogP contribution in [0.25, 0.3) is 6.08 Å². The molecule has 0 aromatic heterocycles. The lowest BCUT2D eigenvalue weighted by atomic mass is 9.67. The van der Waals surface area contributed by atoms with Crippen LogP contribution in [0.1, 0.15) is 36.0 Å². The maximum atomic E-state index is 13.3. The number of hydrogen-bond donors (Lipinski definition) is 1. The van der Waals surface area contributed by atoms with Gasteiger partial charge in [-0.1, -0.05) is 41.9 Å². The molecule has 0 bridgehead atoms. The van der Waals surface area contributed by atoms with Crippen molar-refractivity contribution in [2.75, 3.05) is 20.6 Å². The quantitative estimate of drug-likeness (QED) is 0.652. The molecule has 0 aliphatic heterocycles. The van der Waals surface area contributed by atoms with Crippen molar-refractivity contribution in [1.29, 1.82) is 0 Å². The van der Waals surface area contributed by atoms with Crippen LogP contribution in [-0.2, 0) is 11.8 Å². The summed E-state index contributed by atoms with van der Waals surface area (Å²) in [6, 6.07) is 12.3. The van der Waals surface area contributed by atoms with E-state index in [1.54, 1.807) is 18.2 Å². The summed E-state index contributed by atoms with van der Waals surface area (Å²) in [6.07, 6.45) is -0.335. The molecular weight excluding hydrogens is 399 g/mol. The normalized spacial score (nSPS) is 24.3. The van der Waals surface area contributed by atoms with E-state index in [1.807, 2.05) is 37.2 Å². The SMILES string of the molecule is CN(C)CC1CCC/C(=C/c2ccc(Cl)cc2)C1(O)c1cccc(C(F)(F)F)c1. The van der Waals surface area contributed by atoms with Crippen LogP contribution < -0.4 is 0 Å². The molecule has 2 unspecified atom stereocenters. The van der Waals surface area contributed by atoms with Crippen LogP contribution >= 0.6 is 11.6 Å². The molecule has 29 heavy (non-hydrogen) atoms. The zero-order valence-corrected chi connectivity index (χ0v) is 17.3. The van der Waals surface area contributed by atoms with Crippen LogP contribution in [0.2, 0.25) is 5.02 Å². The largest absolute Gasteiger partial charge is 0.416 e. The van der Waals surface area contributed by atoms with Gasteiger partial charge in [-0.15, -0.1) is 0 Å². The minimum atomic E-state index is -4.46. The van der Waals surface area contributed by atoms with E-state index >= 15 is 0 Å². The average Bonchev–Trinajstić information content (AvgIpc) is 2.66. The molecule has 0 spiro atoms. The molecule has 2 nitrogen and oxygen atoms in total. The van der Waals surface area contributed by atoms with Gasteiger partial charge in [-0.05, 0) is 74.3 Å². The first-order chi connectivity index (χ1) is 13.6. The third-order valence-electron chi connectivity index (χ3n) is 5.51. The lowest BCUT2D eigenvalue weighted by molar-refractivity contribution is -0.137. The second-order valence-corrected chi connectivity index (χ2v) is 8.35. The van der Waals surface area contributed by atoms with Crippen molar-refractivity contribution in [3.8, 4) is 0 Å². The summed E-state index contributed by atoms with van der Waals surface area (Å²) in [4.78, 5) is 1.97. The number of rotatable bonds is 4. The summed E-state index contributed by atoms with van der Waals surface area (Å²) >= 11 is 5.96. The smallest absolute Gasteiger partial charge is 0.380 e.